The first-order valence-corrected chi connectivity index (χ1v) is 7.81. The SMILES string of the molecule is CCOc1cc(C(=O)N2CCC[C@@H]([C@H](C)N)C2)ccc1C. The quantitative estimate of drug-likeness (QED) is 0.927. The largest absolute Gasteiger partial charge is 0.494 e. The second-order valence-electron chi connectivity index (χ2n) is 5.93. The highest BCUT2D eigenvalue weighted by Crippen LogP contribution is 2.24. The predicted octanol–water partition coefficient (Wildman–Crippen LogP) is 2.59. The van der Waals surface area contributed by atoms with Crippen LogP contribution >= 0.6 is 0 Å². The molecule has 0 spiro atoms. The van der Waals surface area contributed by atoms with Crippen molar-refractivity contribution in [3.05, 3.63) is 29.3 Å². The molecule has 0 saturated carbocycles. The first-order chi connectivity index (χ1) is 10.0. The minimum atomic E-state index is 0.0845. The number of amides is 1. The zero-order valence-corrected chi connectivity index (χ0v) is 13.3. The van der Waals surface area contributed by atoms with Crippen molar-refractivity contribution in [1.82, 2.24) is 4.90 Å². The van der Waals surface area contributed by atoms with E-state index in [1.807, 2.05) is 43.9 Å². The summed E-state index contributed by atoms with van der Waals surface area (Å²) in [5, 5.41) is 0. The molecule has 1 aliphatic rings. The van der Waals surface area contributed by atoms with Crippen molar-refractivity contribution >= 4 is 5.91 Å². The zero-order valence-electron chi connectivity index (χ0n) is 13.3. The van der Waals surface area contributed by atoms with Gasteiger partial charge in [0.05, 0.1) is 6.61 Å². The molecule has 21 heavy (non-hydrogen) atoms. The van der Waals surface area contributed by atoms with E-state index < -0.39 is 0 Å². The second-order valence-corrected chi connectivity index (χ2v) is 5.93. The van der Waals surface area contributed by atoms with E-state index in [1.54, 1.807) is 0 Å². The molecular formula is C17H26N2O2. The molecule has 0 unspecified atom stereocenters. The Kier molecular flexibility index (Phi) is 5.23. The molecule has 1 aromatic rings. The first-order valence-electron chi connectivity index (χ1n) is 7.81. The Hall–Kier alpha value is -1.55. The van der Waals surface area contributed by atoms with Gasteiger partial charge >= 0.3 is 0 Å². The van der Waals surface area contributed by atoms with Crippen LogP contribution in [0.3, 0.4) is 0 Å². The van der Waals surface area contributed by atoms with Crippen LogP contribution in [0.2, 0.25) is 0 Å². The highest BCUT2D eigenvalue weighted by molar-refractivity contribution is 5.94. The number of hydrogen-bond donors (Lipinski definition) is 1. The lowest BCUT2D eigenvalue weighted by Gasteiger charge is -2.34. The lowest BCUT2D eigenvalue weighted by atomic mass is 9.92. The molecule has 4 heteroatoms. The lowest BCUT2D eigenvalue weighted by Crippen LogP contribution is -2.45. The Morgan fingerprint density at radius 3 is 2.95 bits per heavy atom. The van der Waals surface area contributed by atoms with E-state index in [0.29, 0.717) is 18.1 Å². The maximum Gasteiger partial charge on any atom is 0.253 e. The monoisotopic (exact) mass is 290 g/mol. The topological polar surface area (TPSA) is 55.6 Å². The molecule has 2 N–H and O–H groups in total. The minimum Gasteiger partial charge on any atom is -0.494 e. The van der Waals surface area contributed by atoms with Crippen molar-refractivity contribution in [2.75, 3.05) is 19.7 Å². The van der Waals surface area contributed by atoms with Gasteiger partial charge in [0.15, 0.2) is 0 Å². The smallest absolute Gasteiger partial charge is 0.253 e. The number of aryl methyl sites for hydroxylation is 1. The molecule has 1 aromatic carbocycles. The predicted molar refractivity (Wildman–Crippen MR) is 84.6 cm³/mol. The number of carbonyl (C=O) groups is 1. The van der Waals surface area contributed by atoms with Crippen molar-refractivity contribution in [2.45, 2.75) is 39.7 Å². The summed E-state index contributed by atoms with van der Waals surface area (Å²) in [6, 6.07) is 5.83. The van der Waals surface area contributed by atoms with Crippen LogP contribution in [0.5, 0.6) is 5.75 Å². The zero-order chi connectivity index (χ0) is 15.4. The Labute approximate surface area is 127 Å². The molecule has 1 heterocycles. The van der Waals surface area contributed by atoms with Gasteiger partial charge in [-0.3, -0.25) is 4.79 Å². The molecule has 1 amide bonds. The molecule has 1 aliphatic heterocycles. The van der Waals surface area contributed by atoms with Gasteiger partial charge in [0, 0.05) is 24.7 Å². The third-order valence-electron chi connectivity index (χ3n) is 4.22. The molecule has 116 valence electrons. The molecule has 0 aromatic heterocycles. The van der Waals surface area contributed by atoms with Gasteiger partial charge in [-0.05, 0) is 57.2 Å². The third kappa shape index (κ3) is 3.76. The van der Waals surface area contributed by atoms with Crippen LogP contribution in [0.25, 0.3) is 0 Å². The van der Waals surface area contributed by atoms with E-state index in [2.05, 4.69) is 0 Å². The number of likely N-dealkylation sites (tertiary alicyclic amines) is 1. The number of nitrogens with two attached hydrogens (primary N) is 1. The van der Waals surface area contributed by atoms with E-state index in [-0.39, 0.29) is 11.9 Å². The third-order valence-corrected chi connectivity index (χ3v) is 4.22. The molecule has 1 fully saturated rings. The van der Waals surface area contributed by atoms with Gasteiger partial charge in [-0.15, -0.1) is 0 Å². The van der Waals surface area contributed by atoms with Crippen molar-refractivity contribution < 1.29 is 9.53 Å². The molecule has 2 atom stereocenters. The minimum absolute atomic E-state index is 0.0845. The summed E-state index contributed by atoms with van der Waals surface area (Å²) >= 11 is 0. The lowest BCUT2D eigenvalue weighted by molar-refractivity contribution is 0.0660. The van der Waals surface area contributed by atoms with Gasteiger partial charge in [-0.25, -0.2) is 0 Å². The van der Waals surface area contributed by atoms with Crippen LogP contribution in [0.1, 0.15) is 42.6 Å². The van der Waals surface area contributed by atoms with Gasteiger partial charge in [-0.2, -0.15) is 0 Å². The number of piperidine rings is 1. The van der Waals surface area contributed by atoms with E-state index in [4.69, 9.17) is 10.5 Å². The van der Waals surface area contributed by atoms with Crippen LogP contribution < -0.4 is 10.5 Å². The van der Waals surface area contributed by atoms with Gasteiger partial charge in [0.25, 0.3) is 5.91 Å². The second kappa shape index (κ2) is 6.94. The number of rotatable bonds is 4. The van der Waals surface area contributed by atoms with Crippen LogP contribution in [-0.4, -0.2) is 36.5 Å². The maximum atomic E-state index is 12.7. The van der Waals surface area contributed by atoms with Gasteiger partial charge in [0.1, 0.15) is 5.75 Å². The average molecular weight is 290 g/mol. The van der Waals surface area contributed by atoms with E-state index in [9.17, 15) is 4.79 Å². The van der Waals surface area contributed by atoms with Gasteiger partial charge in [0.2, 0.25) is 0 Å². The van der Waals surface area contributed by atoms with Crippen molar-refractivity contribution in [3.63, 3.8) is 0 Å². The number of hydrogen-bond acceptors (Lipinski definition) is 3. The van der Waals surface area contributed by atoms with Crippen LogP contribution in [0.15, 0.2) is 18.2 Å². The summed E-state index contributed by atoms with van der Waals surface area (Å²) in [6.07, 6.45) is 2.14. The van der Waals surface area contributed by atoms with Gasteiger partial charge in [-0.1, -0.05) is 6.07 Å². The summed E-state index contributed by atoms with van der Waals surface area (Å²) in [5.74, 6) is 1.28. The van der Waals surface area contributed by atoms with Crippen LogP contribution in [0.4, 0.5) is 0 Å². The van der Waals surface area contributed by atoms with Crippen LogP contribution in [-0.2, 0) is 0 Å². The number of nitrogens with zero attached hydrogens (tertiary/aromatic N) is 1. The standard InChI is InChI=1S/C17H26N2O2/c1-4-21-16-10-14(8-7-12(16)2)17(20)19-9-5-6-15(11-19)13(3)18/h7-8,10,13,15H,4-6,9,11,18H2,1-3H3/t13-,15+/m0/s1. The Morgan fingerprint density at radius 1 is 1.52 bits per heavy atom. The van der Waals surface area contributed by atoms with Crippen molar-refractivity contribution in [2.24, 2.45) is 11.7 Å². The fourth-order valence-electron chi connectivity index (χ4n) is 2.85. The summed E-state index contributed by atoms with van der Waals surface area (Å²) in [5.41, 5.74) is 7.75. The normalized spacial score (nSPS) is 20.2. The number of benzene rings is 1. The Bertz CT molecular complexity index is 500. The van der Waals surface area contributed by atoms with Crippen molar-refractivity contribution in [1.29, 1.82) is 0 Å². The summed E-state index contributed by atoms with van der Waals surface area (Å²) in [7, 11) is 0. The Morgan fingerprint density at radius 2 is 2.29 bits per heavy atom. The molecule has 4 nitrogen and oxygen atoms in total. The number of carbonyl (C=O) groups excluding carboxylic acids is 1. The molecule has 1 saturated heterocycles. The van der Waals surface area contributed by atoms with Crippen LogP contribution in [0, 0.1) is 12.8 Å². The van der Waals surface area contributed by atoms with E-state index in [0.717, 1.165) is 37.2 Å². The highest BCUT2D eigenvalue weighted by Gasteiger charge is 2.26. The number of ether oxygens (including phenoxy) is 1. The molecular weight excluding hydrogens is 264 g/mol. The summed E-state index contributed by atoms with van der Waals surface area (Å²) < 4.78 is 5.58. The summed E-state index contributed by atoms with van der Waals surface area (Å²) in [6.45, 7) is 8.15. The molecule has 0 aliphatic carbocycles. The molecule has 0 radical (unpaired) electrons. The molecule has 0 bridgehead atoms. The van der Waals surface area contributed by atoms with E-state index in [1.165, 1.54) is 0 Å². The fraction of sp³-hybridized carbons (Fsp3) is 0.588. The fourth-order valence-corrected chi connectivity index (χ4v) is 2.85. The van der Waals surface area contributed by atoms with E-state index >= 15 is 0 Å². The highest BCUT2D eigenvalue weighted by atomic mass is 16.5. The summed E-state index contributed by atoms with van der Waals surface area (Å²) in [4.78, 5) is 14.6. The molecule has 2 rings (SSSR count). The van der Waals surface area contributed by atoms with Gasteiger partial charge < -0.3 is 15.4 Å². The Balaban J connectivity index is 2.14. The van der Waals surface area contributed by atoms with Crippen molar-refractivity contribution in [3.8, 4) is 5.75 Å². The maximum absolute atomic E-state index is 12.7. The first kappa shape index (κ1) is 15.8. The average Bonchev–Trinajstić information content (AvgIpc) is 2.49.